The molecule has 0 aliphatic carbocycles. The minimum absolute atomic E-state index is 0.0976. The van der Waals surface area contributed by atoms with E-state index in [0.29, 0.717) is 0 Å². The van der Waals surface area contributed by atoms with E-state index in [1.54, 1.807) is 0 Å². The fourth-order valence-corrected chi connectivity index (χ4v) is 2.68. The Balaban J connectivity index is 2.13. The number of Topliss-reactive ketones (excluding diaryl/α,β-unsaturated/α-hetero) is 1. The highest BCUT2D eigenvalue weighted by molar-refractivity contribution is 5.85. The summed E-state index contributed by atoms with van der Waals surface area (Å²) in [5, 5.41) is 0. The molecule has 0 spiro atoms. The number of alkyl halides is 6. The Morgan fingerprint density at radius 1 is 0.963 bits per heavy atom. The molecule has 3 rings (SSSR count). The molecule has 9 heteroatoms. The zero-order valence-corrected chi connectivity index (χ0v) is 13.7. The van der Waals surface area contributed by atoms with E-state index in [0.717, 1.165) is 30.3 Å². The highest BCUT2D eigenvalue weighted by Gasteiger charge is 2.38. The van der Waals surface area contributed by atoms with Crippen LogP contribution in [-0.2, 0) is 23.6 Å². The van der Waals surface area contributed by atoms with Crippen LogP contribution < -0.4 is 0 Å². The number of hydrogen-bond acceptors (Lipinski definition) is 3. The van der Waals surface area contributed by atoms with Crippen LogP contribution in [0.25, 0.3) is 22.6 Å². The van der Waals surface area contributed by atoms with Crippen molar-refractivity contribution in [3.8, 4) is 11.5 Å². The van der Waals surface area contributed by atoms with Crippen molar-refractivity contribution in [1.82, 2.24) is 4.98 Å². The number of hydrogen-bond donors (Lipinski definition) is 0. The number of carbonyl (C=O) groups excluding carboxylic acids is 1. The van der Waals surface area contributed by atoms with E-state index in [-0.39, 0.29) is 22.5 Å². The summed E-state index contributed by atoms with van der Waals surface area (Å²) in [5.74, 6) is -0.702. The van der Waals surface area contributed by atoms with E-state index in [4.69, 9.17) is 4.42 Å². The molecular weight excluding hydrogens is 376 g/mol. The second kappa shape index (κ2) is 6.40. The highest BCUT2D eigenvalue weighted by atomic mass is 19.4. The molecule has 3 aromatic rings. The summed E-state index contributed by atoms with van der Waals surface area (Å²) in [7, 11) is 0. The van der Waals surface area contributed by atoms with Crippen LogP contribution in [0, 0.1) is 0 Å². The molecule has 142 valence electrons. The summed E-state index contributed by atoms with van der Waals surface area (Å²) in [4.78, 5) is 15.2. The van der Waals surface area contributed by atoms with Crippen LogP contribution in [0.1, 0.15) is 23.6 Å². The van der Waals surface area contributed by atoms with Gasteiger partial charge in [-0.05, 0) is 42.8 Å². The Labute approximate surface area is 148 Å². The molecule has 0 aliphatic heterocycles. The molecule has 3 nitrogen and oxygen atoms in total. The van der Waals surface area contributed by atoms with Crippen molar-refractivity contribution in [2.24, 2.45) is 0 Å². The smallest absolute Gasteiger partial charge is 0.420 e. The largest absolute Gasteiger partial charge is 0.435 e. The van der Waals surface area contributed by atoms with Gasteiger partial charge >= 0.3 is 12.4 Å². The predicted molar refractivity (Wildman–Crippen MR) is 83.8 cm³/mol. The van der Waals surface area contributed by atoms with Crippen LogP contribution in [0.5, 0.6) is 0 Å². The third kappa shape index (κ3) is 3.81. The van der Waals surface area contributed by atoms with Gasteiger partial charge < -0.3 is 4.42 Å². The Hall–Kier alpha value is -2.84. The van der Waals surface area contributed by atoms with Gasteiger partial charge in [0.2, 0.25) is 5.89 Å². The normalized spacial score (nSPS) is 12.6. The lowest BCUT2D eigenvalue weighted by Crippen LogP contribution is -2.11. The fourth-order valence-electron chi connectivity index (χ4n) is 2.68. The lowest BCUT2D eigenvalue weighted by molar-refractivity contribution is -0.138. The molecule has 2 aromatic carbocycles. The summed E-state index contributed by atoms with van der Waals surface area (Å²) < 4.78 is 83.6. The SMILES string of the molecule is CC(=O)Cc1ccc2nc(-c3ccc(C(F)(F)F)cc3)oc2c1C(F)(F)F. The average molecular weight is 387 g/mol. The molecule has 0 unspecified atom stereocenters. The van der Waals surface area contributed by atoms with Gasteiger partial charge in [-0.15, -0.1) is 0 Å². The standard InChI is InChI=1S/C18H11F6NO2/c1-9(26)8-11-4-7-13-15(14(11)18(22,23)24)27-16(25-13)10-2-5-12(6-3-10)17(19,20)21/h2-7H,8H2,1H3. The van der Waals surface area contributed by atoms with Gasteiger partial charge in [-0.1, -0.05) is 6.07 Å². The Bertz CT molecular complexity index is 1000. The van der Waals surface area contributed by atoms with Crippen LogP contribution in [0.4, 0.5) is 26.3 Å². The molecular formula is C18H11F6NO2. The van der Waals surface area contributed by atoms with Crippen molar-refractivity contribution in [2.75, 3.05) is 0 Å². The molecule has 1 aromatic heterocycles. The summed E-state index contributed by atoms with van der Waals surface area (Å²) >= 11 is 0. The van der Waals surface area contributed by atoms with Crippen molar-refractivity contribution < 1.29 is 35.6 Å². The summed E-state index contributed by atoms with van der Waals surface area (Å²) in [6.07, 6.45) is -9.76. The van der Waals surface area contributed by atoms with Crippen molar-refractivity contribution in [3.05, 3.63) is 53.1 Å². The van der Waals surface area contributed by atoms with Crippen molar-refractivity contribution in [2.45, 2.75) is 25.7 Å². The van der Waals surface area contributed by atoms with Gasteiger partial charge in [-0.2, -0.15) is 26.3 Å². The Morgan fingerprint density at radius 2 is 1.59 bits per heavy atom. The van der Waals surface area contributed by atoms with E-state index in [9.17, 15) is 31.1 Å². The molecule has 0 saturated carbocycles. The zero-order chi connectivity index (χ0) is 20.0. The lowest BCUT2D eigenvalue weighted by atomic mass is 10.0. The lowest BCUT2D eigenvalue weighted by Gasteiger charge is -2.11. The van der Waals surface area contributed by atoms with Crippen molar-refractivity contribution in [3.63, 3.8) is 0 Å². The number of nitrogens with zero attached hydrogens (tertiary/aromatic N) is 1. The van der Waals surface area contributed by atoms with Crippen molar-refractivity contribution in [1.29, 1.82) is 0 Å². The second-order valence-corrected chi connectivity index (χ2v) is 5.92. The minimum atomic E-state index is -4.79. The van der Waals surface area contributed by atoms with Crippen molar-refractivity contribution >= 4 is 16.9 Å². The number of aromatic nitrogens is 1. The third-order valence-corrected chi connectivity index (χ3v) is 3.83. The molecule has 0 fully saturated rings. The molecule has 0 bridgehead atoms. The van der Waals surface area contributed by atoms with Gasteiger partial charge in [0.1, 0.15) is 16.9 Å². The van der Waals surface area contributed by atoms with Crippen LogP contribution in [0.2, 0.25) is 0 Å². The average Bonchev–Trinajstić information content (AvgIpc) is 2.96. The minimum Gasteiger partial charge on any atom is -0.435 e. The number of carbonyl (C=O) groups is 1. The van der Waals surface area contributed by atoms with Gasteiger partial charge in [0.15, 0.2) is 5.58 Å². The summed E-state index contributed by atoms with van der Waals surface area (Å²) in [6, 6.07) is 6.13. The summed E-state index contributed by atoms with van der Waals surface area (Å²) in [5.41, 5.74) is -2.83. The van der Waals surface area contributed by atoms with Gasteiger partial charge in [0.25, 0.3) is 0 Å². The van der Waals surface area contributed by atoms with Gasteiger partial charge in [-0.25, -0.2) is 4.98 Å². The number of halogens is 6. The molecule has 0 N–H and O–H groups in total. The highest BCUT2D eigenvalue weighted by Crippen LogP contribution is 2.39. The van der Waals surface area contributed by atoms with Crippen LogP contribution in [0.15, 0.2) is 40.8 Å². The molecule has 0 radical (unpaired) electrons. The first-order valence-electron chi connectivity index (χ1n) is 7.63. The second-order valence-electron chi connectivity index (χ2n) is 5.92. The van der Waals surface area contributed by atoms with Gasteiger partial charge in [-0.3, -0.25) is 4.79 Å². The van der Waals surface area contributed by atoms with E-state index < -0.39 is 41.3 Å². The number of rotatable bonds is 3. The quantitative estimate of drug-likeness (QED) is 0.545. The fraction of sp³-hybridized carbons (Fsp3) is 0.222. The number of benzene rings is 2. The van der Waals surface area contributed by atoms with Gasteiger partial charge in [0.05, 0.1) is 5.56 Å². The number of ketones is 1. The first kappa shape index (κ1) is 18.9. The maximum Gasteiger partial charge on any atom is 0.420 e. The summed E-state index contributed by atoms with van der Waals surface area (Å²) in [6.45, 7) is 1.17. The van der Waals surface area contributed by atoms with Gasteiger partial charge in [0, 0.05) is 12.0 Å². The zero-order valence-electron chi connectivity index (χ0n) is 13.7. The van der Waals surface area contributed by atoms with E-state index >= 15 is 0 Å². The topological polar surface area (TPSA) is 43.1 Å². The van der Waals surface area contributed by atoms with E-state index in [2.05, 4.69) is 4.98 Å². The number of fused-ring (bicyclic) bond motifs is 1. The van der Waals surface area contributed by atoms with Crippen LogP contribution in [-0.4, -0.2) is 10.8 Å². The maximum atomic E-state index is 13.5. The van der Waals surface area contributed by atoms with E-state index in [1.807, 2.05) is 0 Å². The molecule has 27 heavy (non-hydrogen) atoms. The molecule has 0 atom stereocenters. The molecule has 0 aliphatic rings. The third-order valence-electron chi connectivity index (χ3n) is 3.83. The molecule has 0 saturated heterocycles. The monoisotopic (exact) mass is 387 g/mol. The first-order valence-corrected chi connectivity index (χ1v) is 7.63. The maximum absolute atomic E-state index is 13.5. The Morgan fingerprint density at radius 3 is 2.11 bits per heavy atom. The van der Waals surface area contributed by atoms with Crippen LogP contribution >= 0.6 is 0 Å². The molecule has 0 amide bonds. The van der Waals surface area contributed by atoms with Crippen LogP contribution in [0.3, 0.4) is 0 Å². The predicted octanol–water partition coefficient (Wildman–Crippen LogP) is 5.66. The van der Waals surface area contributed by atoms with E-state index in [1.165, 1.54) is 13.0 Å². The Kier molecular flexibility index (Phi) is 4.49. The molecule has 1 heterocycles. The number of oxazole rings is 1. The first-order chi connectivity index (χ1) is 12.5.